The summed E-state index contributed by atoms with van der Waals surface area (Å²) in [4.78, 5) is 15.2. The van der Waals surface area contributed by atoms with Crippen molar-refractivity contribution in [3.05, 3.63) is 65.5 Å². The van der Waals surface area contributed by atoms with Gasteiger partial charge in [0.1, 0.15) is 5.69 Å². The number of hydrogen-bond donors (Lipinski definition) is 0. The predicted octanol–water partition coefficient (Wildman–Crippen LogP) is 6.80. The van der Waals surface area contributed by atoms with Crippen molar-refractivity contribution in [2.75, 3.05) is 6.26 Å². The van der Waals surface area contributed by atoms with Gasteiger partial charge < -0.3 is 0 Å². The first-order valence-electron chi connectivity index (χ1n) is 12.9. The Kier molecular flexibility index (Phi) is 9.25. The zero-order chi connectivity index (χ0) is 31.0. The number of benzene rings is 1. The lowest BCUT2D eigenvalue weighted by molar-refractivity contribution is -0.138. The van der Waals surface area contributed by atoms with Crippen LogP contribution in [0, 0.1) is 11.8 Å². The maximum absolute atomic E-state index is 14.4. The summed E-state index contributed by atoms with van der Waals surface area (Å²) in [6, 6.07) is 5.17. The highest BCUT2D eigenvalue weighted by Gasteiger charge is 2.48. The Balaban J connectivity index is 1.64. The van der Waals surface area contributed by atoms with Crippen LogP contribution in [0.5, 0.6) is 0 Å². The molecule has 0 N–H and O–H groups in total. The lowest BCUT2D eigenvalue weighted by Crippen LogP contribution is -2.46. The number of rotatable bonds is 11. The maximum atomic E-state index is 14.4. The first-order valence-corrected chi connectivity index (χ1v) is 16.3. The van der Waals surface area contributed by atoms with Gasteiger partial charge in [-0.15, -0.1) is 0 Å². The average Bonchev–Trinajstić information content (AvgIpc) is 2.83. The minimum Gasteiger partial charge on any atom is -0.292 e. The zero-order valence-corrected chi connectivity index (χ0v) is 24.6. The number of alkyl halides is 5. The molecule has 0 spiro atoms. The Morgan fingerprint density at radius 2 is 1.66 bits per heavy atom. The van der Waals surface area contributed by atoms with Crippen molar-refractivity contribution in [2.45, 2.75) is 79.5 Å². The molecule has 0 bridgehead atoms. The van der Waals surface area contributed by atoms with E-state index in [1.165, 1.54) is 31.2 Å². The summed E-state index contributed by atoms with van der Waals surface area (Å²) in [5.41, 5.74) is -2.24. The third-order valence-corrected chi connectivity index (χ3v) is 11.4. The first-order chi connectivity index (χ1) is 18.7. The molecule has 1 aliphatic carbocycles. The van der Waals surface area contributed by atoms with E-state index in [0.717, 1.165) is 6.07 Å². The molecular weight excluding hydrogens is 589 g/mol. The van der Waals surface area contributed by atoms with E-state index in [1.807, 2.05) is 0 Å². The number of sulfone groups is 2. The van der Waals surface area contributed by atoms with E-state index in [-0.39, 0.29) is 23.2 Å². The molecule has 1 saturated carbocycles. The number of allylic oxidation sites excluding steroid dienone is 2. The van der Waals surface area contributed by atoms with Gasteiger partial charge in [-0.25, -0.2) is 16.8 Å². The fourth-order valence-electron chi connectivity index (χ4n) is 5.00. The van der Waals surface area contributed by atoms with Crippen LogP contribution in [-0.2, 0) is 31.8 Å². The highest BCUT2D eigenvalue weighted by Crippen LogP contribution is 2.48. The van der Waals surface area contributed by atoms with Crippen LogP contribution in [0.4, 0.5) is 22.0 Å². The van der Waals surface area contributed by atoms with Crippen molar-refractivity contribution in [1.29, 1.82) is 0 Å². The second-order valence-electron chi connectivity index (χ2n) is 10.9. The van der Waals surface area contributed by atoms with E-state index in [9.17, 15) is 43.6 Å². The number of halogens is 5. The Labute approximate surface area is 236 Å². The van der Waals surface area contributed by atoms with Gasteiger partial charge in [0.2, 0.25) is 0 Å². The minimum absolute atomic E-state index is 0.0718. The van der Waals surface area contributed by atoms with Gasteiger partial charge in [0.15, 0.2) is 25.5 Å². The highest BCUT2D eigenvalue weighted by molar-refractivity contribution is 7.92. The predicted molar refractivity (Wildman–Crippen MR) is 143 cm³/mol. The van der Waals surface area contributed by atoms with Gasteiger partial charge in [-0.1, -0.05) is 18.2 Å². The Morgan fingerprint density at radius 1 is 1.02 bits per heavy atom. The van der Waals surface area contributed by atoms with Crippen LogP contribution in [0.2, 0.25) is 0 Å². The molecule has 0 radical (unpaired) electrons. The molecule has 1 fully saturated rings. The number of hydrogen-bond acceptors (Lipinski definition) is 6. The Bertz CT molecular complexity index is 1540. The van der Waals surface area contributed by atoms with Crippen molar-refractivity contribution in [2.24, 2.45) is 11.8 Å². The zero-order valence-electron chi connectivity index (χ0n) is 23.0. The Morgan fingerprint density at radius 3 is 2.22 bits per heavy atom. The summed E-state index contributed by atoms with van der Waals surface area (Å²) in [5, 5.41) is 0. The molecule has 226 valence electrons. The topological polar surface area (TPSA) is 98.2 Å². The molecule has 0 unspecified atom stereocenters. The third-order valence-electron chi connectivity index (χ3n) is 7.68. The van der Waals surface area contributed by atoms with Crippen molar-refractivity contribution >= 4 is 25.5 Å². The Hall–Kier alpha value is -2.67. The van der Waals surface area contributed by atoms with Gasteiger partial charge in [-0.2, -0.15) is 22.0 Å². The van der Waals surface area contributed by atoms with Gasteiger partial charge in [0.25, 0.3) is 5.92 Å². The standard InChI is InChI=1S/C28H32F5NO5S2/c1-5-12-27(29,30)19-9-7-10-22(15-19)41(38,39)26(2,3)20-13-18(14-20)8-6-11-23(35)25-24(40(4,36)37)16-21(17-34-25)28(31,32)33/h5,7,9-10,12,15-18,20H,6,8,11,13-14H2,1-4H3. The minimum atomic E-state index is -4.82. The number of Topliss-reactive ketones (excluding diaryl/α,β-unsaturated/α-hetero) is 1. The number of aromatic nitrogens is 1. The van der Waals surface area contributed by atoms with Crippen LogP contribution in [-0.4, -0.2) is 38.6 Å². The van der Waals surface area contributed by atoms with Gasteiger partial charge in [0.05, 0.1) is 20.1 Å². The number of carbonyl (C=O) groups excluding carboxylic acids is 1. The molecular formula is C28H32F5NO5S2. The quantitative estimate of drug-likeness (QED) is 0.155. The second kappa shape index (κ2) is 11.5. The van der Waals surface area contributed by atoms with Crippen LogP contribution in [0.25, 0.3) is 0 Å². The number of ketones is 1. The number of carbonyl (C=O) groups is 1. The maximum Gasteiger partial charge on any atom is 0.417 e. The van der Waals surface area contributed by atoms with Crippen LogP contribution in [0.1, 0.15) is 74.5 Å². The molecule has 6 nitrogen and oxygen atoms in total. The van der Waals surface area contributed by atoms with Gasteiger partial charge in [0, 0.05) is 24.4 Å². The molecule has 0 saturated heterocycles. The molecule has 0 atom stereocenters. The van der Waals surface area contributed by atoms with Gasteiger partial charge in [-0.05, 0) is 82.6 Å². The second-order valence-corrected chi connectivity index (χ2v) is 15.5. The van der Waals surface area contributed by atoms with E-state index >= 15 is 0 Å². The molecule has 0 amide bonds. The summed E-state index contributed by atoms with van der Waals surface area (Å²) < 4.78 is 117. The molecule has 1 heterocycles. The average molecular weight is 622 g/mol. The molecule has 1 aromatic carbocycles. The molecule has 1 aromatic heterocycles. The third kappa shape index (κ3) is 7.04. The van der Waals surface area contributed by atoms with Crippen molar-refractivity contribution in [1.82, 2.24) is 4.98 Å². The van der Waals surface area contributed by atoms with Gasteiger partial charge >= 0.3 is 6.18 Å². The first kappa shape index (κ1) is 32.8. The summed E-state index contributed by atoms with van der Waals surface area (Å²) in [7, 11) is -8.14. The number of pyridine rings is 1. The van der Waals surface area contributed by atoms with Gasteiger partial charge in [-0.3, -0.25) is 9.78 Å². The van der Waals surface area contributed by atoms with Crippen molar-refractivity contribution in [3.63, 3.8) is 0 Å². The van der Waals surface area contributed by atoms with E-state index in [4.69, 9.17) is 0 Å². The summed E-state index contributed by atoms with van der Waals surface area (Å²) in [6.07, 6.45) is -0.0982. The van der Waals surface area contributed by atoms with E-state index < -0.39 is 64.0 Å². The number of nitrogens with zero attached hydrogens (tertiary/aromatic N) is 1. The van der Waals surface area contributed by atoms with Crippen LogP contribution < -0.4 is 0 Å². The van der Waals surface area contributed by atoms with Crippen molar-refractivity contribution in [3.8, 4) is 0 Å². The smallest absolute Gasteiger partial charge is 0.292 e. The summed E-state index contributed by atoms with van der Waals surface area (Å²) in [5.74, 6) is -4.21. The summed E-state index contributed by atoms with van der Waals surface area (Å²) in [6.45, 7) is 4.57. The van der Waals surface area contributed by atoms with Crippen LogP contribution >= 0.6 is 0 Å². The monoisotopic (exact) mass is 621 g/mol. The lowest BCUT2D eigenvalue weighted by atomic mass is 9.67. The van der Waals surface area contributed by atoms with E-state index in [1.54, 1.807) is 13.8 Å². The molecule has 41 heavy (non-hydrogen) atoms. The van der Waals surface area contributed by atoms with Crippen molar-refractivity contribution < 1.29 is 43.6 Å². The fraction of sp³-hybridized carbons (Fsp3) is 0.500. The molecule has 2 aromatic rings. The SMILES string of the molecule is CC=CC(F)(F)c1cccc(S(=O)(=O)C(C)(C)C2CC(CCCC(=O)c3ncc(C(F)(F)F)cc3S(C)(=O)=O)C2)c1. The molecule has 1 aliphatic rings. The van der Waals surface area contributed by atoms with Crippen LogP contribution in [0.15, 0.2) is 58.5 Å². The van der Waals surface area contributed by atoms with E-state index in [2.05, 4.69) is 4.98 Å². The molecule has 13 heteroatoms. The molecule has 0 aliphatic heterocycles. The van der Waals surface area contributed by atoms with E-state index in [0.29, 0.717) is 50.3 Å². The highest BCUT2D eigenvalue weighted by atomic mass is 32.2. The molecule has 3 rings (SSSR count). The lowest BCUT2D eigenvalue weighted by Gasteiger charge is -2.45. The van der Waals surface area contributed by atoms with Crippen LogP contribution in [0.3, 0.4) is 0 Å². The fourth-order valence-corrected chi connectivity index (χ4v) is 7.64. The normalized spacial score (nSPS) is 18.9. The summed E-state index contributed by atoms with van der Waals surface area (Å²) >= 11 is 0. The largest absolute Gasteiger partial charge is 0.417 e.